The highest BCUT2D eigenvalue weighted by atomic mass is 79.9. The molecule has 0 nitrogen and oxygen atoms in total. The number of hydrogen-bond acceptors (Lipinski definition) is 0. The molecule has 0 aliphatic carbocycles. The maximum atomic E-state index is 3.72. The third-order valence-electron chi connectivity index (χ3n) is 4.56. The molecule has 0 fully saturated rings. The van der Waals surface area contributed by atoms with Gasteiger partial charge in [0.1, 0.15) is 8.07 Å². The smallest absolute Gasteiger partial charge is 0.124 e. The monoisotopic (exact) mass is 464 g/mol. The molecule has 128 valence electrons. The zero-order valence-corrected chi connectivity index (χ0v) is 19.5. The van der Waals surface area contributed by atoms with Gasteiger partial charge in [0.05, 0.1) is 8.96 Å². The predicted octanol–water partition coefficient (Wildman–Crippen LogP) is 7.26. The van der Waals surface area contributed by atoms with E-state index >= 15 is 0 Å². The van der Waals surface area contributed by atoms with E-state index in [2.05, 4.69) is 96.7 Å². The van der Waals surface area contributed by atoms with Crippen LogP contribution in [0.3, 0.4) is 0 Å². The first-order valence-corrected chi connectivity index (χ1v) is 12.2. The van der Waals surface area contributed by atoms with E-state index in [0.29, 0.717) is 16.6 Å². The van der Waals surface area contributed by atoms with Crippen LogP contribution in [0.5, 0.6) is 0 Å². The summed E-state index contributed by atoms with van der Waals surface area (Å²) in [6.07, 6.45) is 0. The van der Waals surface area contributed by atoms with E-state index in [-0.39, 0.29) is 0 Å². The van der Waals surface area contributed by atoms with Gasteiger partial charge in [0.25, 0.3) is 0 Å². The Morgan fingerprint density at radius 2 is 1.33 bits per heavy atom. The Hall–Kier alpha value is -0.743. The van der Waals surface area contributed by atoms with Crippen molar-refractivity contribution in [2.45, 2.75) is 58.2 Å². The van der Waals surface area contributed by atoms with E-state index in [1.165, 1.54) is 0 Å². The lowest BCUT2D eigenvalue weighted by atomic mass is 10.2. The van der Waals surface area contributed by atoms with Crippen molar-refractivity contribution >= 4 is 39.9 Å². The summed E-state index contributed by atoms with van der Waals surface area (Å²) in [4.78, 5) is 0. The van der Waals surface area contributed by atoms with Crippen molar-refractivity contribution in [1.29, 1.82) is 0 Å². The van der Waals surface area contributed by atoms with Gasteiger partial charge >= 0.3 is 0 Å². The fraction of sp³-hybridized carbons (Fsp3) is 0.429. The Bertz CT molecular complexity index is 666. The van der Waals surface area contributed by atoms with E-state index in [4.69, 9.17) is 0 Å². The van der Waals surface area contributed by atoms with Crippen molar-refractivity contribution in [3.63, 3.8) is 0 Å². The lowest BCUT2D eigenvalue weighted by Gasteiger charge is -2.38. The van der Waals surface area contributed by atoms with Gasteiger partial charge in [0.2, 0.25) is 0 Å². The van der Waals surface area contributed by atoms with Crippen LogP contribution >= 0.6 is 31.9 Å². The molecular formula is C21H26Br2Si. The SMILES string of the molecule is CC(C)[Si](C#CC(C#Cc1ccccc1)=C(Br)Br)(C(C)C)C(C)C. The summed E-state index contributed by atoms with van der Waals surface area (Å²) in [7, 11) is -1.75. The second kappa shape index (κ2) is 9.67. The van der Waals surface area contributed by atoms with Crippen molar-refractivity contribution in [1.82, 2.24) is 0 Å². The van der Waals surface area contributed by atoms with Gasteiger partial charge in [0.15, 0.2) is 0 Å². The minimum Gasteiger partial charge on any atom is -0.124 e. The third-order valence-corrected chi connectivity index (χ3v) is 11.6. The molecular weight excluding hydrogens is 440 g/mol. The number of allylic oxidation sites excluding steroid dienone is 1. The van der Waals surface area contributed by atoms with Crippen molar-refractivity contribution in [3.8, 4) is 23.3 Å². The fourth-order valence-corrected chi connectivity index (χ4v) is 8.99. The van der Waals surface area contributed by atoms with Gasteiger partial charge in [-0.05, 0) is 60.6 Å². The molecule has 1 rings (SSSR count). The van der Waals surface area contributed by atoms with E-state index in [9.17, 15) is 0 Å². The highest BCUT2D eigenvalue weighted by Crippen LogP contribution is 2.40. The Morgan fingerprint density at radius 3 is 1.75 bits per heavy atom. The molecule has 0 aliphatic heterocycles. The first-order chi connectivity index (χ1) is 11.2. The van der Waals surface area contributed by atoms with Crippen molar-refractivity contribution in [2.75, 3.05) is 0 Å². The molecule has 0 bridgehead atoms. The third kappa shape index (κ3) is 5.38. The second-order valence-electron chi connectivity index (χ2n) is 6.90. The van der Waals surface area contributed by atoms with Crippen LogP contribution in [-0.4, -0.2) is 8.07 Å². The van der Waals surface area contributed by atoms with Crippen LogP contribution in [0.15, 0.2) is 39.3 Å². The van der Waals surface area contributed by atoms with Crippen LogP contribution in [0.25, 0.3) is 0 Å². The number of hydrogen-bond donors (Lipinski definition) is 0. The van der Waals surface area contributed by atoms with Crippen molar-refractivity contribution in [2.24, 2.45) is 0 Å². The summed E-state index contributed by atoms with van der Waals surface area (Å²) >= 11 is 7.00. The first-order valence-electron chi connectivity index (χ1n) is 8.37. The van der Waals surface area contributed by atoms with Gasteiger partial charge in [-0.25, -0.2) is 0 Å². The van der Waals surface area contributed by atoms with E-state index in [1.807, 2.05) is 30.3 Å². The molecule has 0 atom stereocenters. The second-order valence-corrected chi connectivity index (χ2v) is 15.1. The van der Waals surface area contributed by atoms with Gasteiger partial charge in [-0.1, -0.05) is 77.5 Å². The predicted molar refractivity (Wildman–Crippen MR) is 117 cm³/mol. The molecule has 3 heteroatoms. The van der Waals surface area contributed by atoms with Crippen LogP contribution in [-0.2, 0) is 0 Å². The zero-order valence-electron chi connectivity index (χ0n) is 15.4. The van der Waals surface area contributed by atoms with E-state index < -0.39 is 8.07 Å². The van der Waals surface area contributed by atoms with Crippen LogP contribution in [0, 0.1) is 23.3 Å². The van der Waals surface area contributed by atoms with Gasteiger partial charge in [-0.3, -0.25) is 0 Å². The average molecular weight is 466 g/mol. The Kier molecular flexibility index (Phi) is 8.58. The molecule has 0 saturated heterocycles. The quantitative estimate of drug-likeness (QED) is 0.325. The number of halogens is 2. The van der Waals surface area contributed by atoms with Crippen molar-refractivity contribution < 1.29 is 0 Å². The van der Waals surface area contributed by atoms with E-state index in [0.717, 1.165) is 14.5 Å². The zero-order chi connectivity index (χ0) is 18.3. The fourth-order valence-electron chi connectivity index (χ4n) is 3.39. The first kappa shape index (κ1) is 21.3. The molecule has 0 radical (unpaired) electrons. The minimum absolute atomic E-state index is 0.613. The Balaban J connectivity index is 3.30. The Morgan fingerprint density at radius 1 is 0.833 bits per heavy atom. The van der Waals surface area contributed by atoms with Crippen molar-refractivity contribution in [3.05, 3.63) is 44.9 Å². The van der Waals surface area contributed by atoms with Crippen LogP contribution in [0.1, 0.15) is 47.1 Å². The molecule has 24 heavy (non-hydrogen) atoms. The largest absolute Gasteiger partial charge is 0.146 e. The van der Waals surface area contributed by atoms with Gasteiger partial charge in [-0.2, -0.15) is 0 Å². The number of benzene rings is 1. The molecule has 0 spiro atoms. The molecule has 0 aromatic heterocycles. The summed E-state index contributed by atoms with van der Waals surface area (Å²) in [5.74, 6) is 9.80. The molecule has 0 aliphatic rings. The van der Waals surface area contributed by atoms with Gasteiger partial charge in [0, 0.05) is 5.56 Å². The standard InChI is InChI=1S/C21H26Br2Si/c1-16(2)24(17(3)4,18(5)6)15-14-20(21(22)23)13-12-19-10-8-7-9-11-19/h7-11,16-18H,1-6H3. The van der Waals surface area contributed by atoms with Crippen LogP contribution in [0.2, 0.25) is 16.6 Å². The minimum atomic E-state index is -1.75. The van der Waals surface area contributed by atoms with Gasteiger partial charge < -0.3 is 0 Å². The molecule has 0 saturated carbocycles. The van der Waals surface area contributed by atoms with Crippen LogP contribution < -0.4 is 0 Å². The normalized spacial score (nSPS) is 11.0. The maximum absolute atomic E-state index is 3.72. The molecule has 0 unspecified atom stereocenters. The maximum Gasteiger partial charge on any atom is 0.146 e. The highest BCUT2D eigenvalue weighted by molar-refractivity contribution is 9.28. The lowest BCUT2D eigenvalue weighted by Crippen LogP contribution is -2.43. The summed E-state index contributed by atoms with van der Waals surface area (Å²) < 4.78 is 0.824. The summed E-state index contributed by atoms with van der Waals surface area (Å²) in [5, 5.41) is 0. The van der Waals surface area contributed by atoms with E-state index in [1.54, 1.807) is 0 Å². The van der Waals surface area contributed by atoms with Crippen LogP contribution in [0.4, 0.5) is 0 Å². The molecule has 0 heterocycles. The topological polar surface area (TPSA) is 0 Å². The summed E-state index contributed by atoms with van der Waals surface area (Å²) in [5.41, 5.74) is 7.37. The Labute approximate surface area is 165 Å². The molecule has 1 aromatic carbocycles. The molecule has 0 N–H and O–H groups in total. The molecule has 0 amide bonds. The summed E-state index contributed by atoms with van der Waals surface area (Å²) in [6.45, 7) is 13.9. The lowest BCUT2D eigenvalue weighted by molar-refractivity contribution is 0.838. The van der Waals surface area contributed by atoms with Gasteiger partial charge in [-0.15, -0.1) is 5.54 Å². The average Bonchev–Trinajstić information content (AvgIpc) is 2.50. The highest BCUT2D eigenvalue weighted by Gasteiger charge is 2.41. The molecule has 1 aromatic rings. The number of rotatable bonds is 3. The summed E-state index contributed by atoms with van der Waals surface area (Å²) in [6, 6.07) is 10.0.